The summed E-state index contributed by atoms with van der Waals surface area (Å²) in [5.41, 5.74) is 5.34. The summed E-state index contributed by atoms with van der Waals surface area (Å²) in [5.74, 6) is 0.937. The maximum absolute atomic E-state index is 12.1. The Balaban J connectivity index is 2.27. The first-order chi connectivity index (χ1) is 8.42. The molecule has 0 radical (unpaired) electrons. The van der Waals surface area contributed by atoms with Gasteiger partial charge in [0.25, 0.3) is 0 Å². The lowest BCUT2D eigenvalue weighted by Crippen LogP contribution is -2.58. The standard InChI is InChI=1S/C12H22N2O2S2/c1-2-10-4-6-12(7-5-10,11(13)17)14-8-3-9-18(14,15)16/h10H,2-9H2,1H3,(H2,13,17). The second-order valence-corrected chi connectivity index (χ2v) is 7.94. The van der Waals surface area contributed by atoms with Gasteiger partial charge in [-0.25, -0.2) is 8.42 Å². The van der Waals surface area contributed by atoms with E-state index in [1.54, 1.807) is 4.31 Å². The van der Waals surface area contributed by atoms with E-state index < -0.39 is 15.6 Å². The largest absolute Gasteiger partial charge is 0.392 e. The van der Waals surface area contributed by atoms with Crippen molar-refractivity contribution in [3.05, 3.63) is 0 Å². The second kappa shape index (κ2) is 5.06. The van der Waals surface area contributed by atoms with Gasteiger partial charge in [0.05, 0.1) is 16.3 Å². The van der Waals surface area contributed by atoms with Crippen LogP contribution in [0.4, 0.5) is 0 Å². The van der Waals surface area contributed by atoms with Crippen LogP contribution in [0.5, 0.6) is 0 Å². The average Bonchev–Trinajstić information content (AvgIpc) is 2.69. The molecule has 1 saturated heterocycles. The summed E-state index contributed by atoms with van der Waals surface area (Å²) in [7, 11) is -3.15. The van der Waals surface area contributed by atoms with Crippen molar-refractivity contribution in [2.75, 3.05) is 12.3 Å². The molecule has 0 spiro atoms. The van der Waals surface area contributed by atoms with Crippen LogP contribution >= 0.6 is 12.2 Å². The van der Waals surface area contributed by atoms with Crippen molar-refractivity contribution in [1.29, 1.82) is 0 Å². The quantitative estimate of drug-likeness (QED) is 0.803. The smallest absolute Gasteiger partial charge is 0.215 e. The van der Waals surface area contributed by atoms with Gasteiger partial charge < -0.3 is 5.73 Å². The van der Waals surface area contributed by atoms with E-state index in [9.17, 15) is 8.42 Å². The van der Waals surface area contributed by atoms with Gasteiger partial charge in [0.1, 0.15) is 0 Å². The van der Waals surface area contributed by atoms with E-state index in [0.717, 1.165) is 32.1 Å². The Hall–Kier alpha value is -0.200. The SMILES string of the molecule is CCC1CCC(C(N)=S)(N2CCCS2(=O)=O)CC1. The molecule has 1 saturated carbocycles. The van der Waals surface area contributed by atoms with Crippen LogP contribution in [0.25, 0.3) is 0 Å². The lowest BCUT2D eigenvalue weighted by atomic mass is 9.75. The van der Waals surface area contributed by atoms with Gasteiger partial charge in [-0.05, 0) is 38.0 Å². The van der Waals surface area contributed by atoms with Gasteiger partial charge in [0, 0.05) is 6.54 Å². The lowest BCUT2D eigenvalue weighted by molar-refractivity contribution is 0.173. The van der Waals surface area contributed by atoms with Crippen molar-refractivity contribution < 1.29 is 8.42 Å². The minimum absolute atomic E-state index is 0.245. The summed E-state index contributed by atoms with van der Waals surface area (Å²) in [4.78, 5) is 0.363. The van der Waals surface area contributed by atoms with Gasteiger partial charge in [0.15, 0.2) is 0 Å². The van der Waals surface area contributed by atoms with Crippen LogP contribution in [0.15, 0.2) is 0 Å². The molecule has 104 valence electrons. The Morgan fingerprint density at radius 2 is 2.06 bits per heavy atom. The molecule has 0 aromatic heterocycles. The molecule has 1 aliphatic carbocycles. The van der Waals surface area contributed by atoms with Crippen LogP contribution in [-0.4, -0.2) is 35.5 Å². The number of nitrogens with zero attached hydrogens (tertiary/aromatic N) is 1. The fourth-order valence-corrected chi connectivity index (χ4v) is 5.61. The number of sulfonamides is 1. The molecule has 0 bridgehead atoms. The third-order valence-corrected chi connectivity index (χ3v) is 6.93. The summed E-state index contributed by atoms with van der Waals surface area (Å²) >= 11 is 5.21. The summed E-state index contributed by atoms with van der Waals surface area (Å²) in [5, 5.41) is 0. The highest BCUT2D eigenvalue weighted by Crippen LogP contribution is 2.41. The first kappa shape index (κ1) is 14.2. The molecule has 0 aromatic carbocycles. The van der Waals surface area contributed by atoms with Crippen LogP contribution in [-0.2, 0) is 10.0 Å². The molecule has 2 N–H and O–H groups in total. The number of hydrogen-bond acceptors (Lipinski definition) is 3. The van der Waals surface area contributed by atoms with Gasteiger partial charge in [-0.1, -0.05) is 25.6 Å². The minimum Gasteiger partial charge on any atom is -0.392 e. The van der Waals surface area contributed by atoms with Crippen LogP contribution < -0.4 is 5.73 Å². The number of nitrogens with two attached hydrogens (primary N) is 1. The van der Waals surface area contributed by atoms with Crippen molar-refractivity contribution in [2.24, 2.45) is 11.7 Å². The predicted octanol–water partition coefficient (Wildman–Crippen LogP) is 1.65. The number of thiocarbonyl (C=S) groups is 1. The Labute approximate surface area is 115 Å². The lowest BCUT2D eigenvalue weighted by Gasteiger charge is -2.44. The fraction of sp³-hybridized carbons (Fsp3) is 0.917. The maximum Gasteiger partial charge on any atom is 0.215 e. The van der Waals surface area contributed by atoms with E-state index in [1.807, 2.05) is 0 Å². The highest BCUT2D eigenvalue weighted by Gasteiger charge is 2.49. The van der Waals surface area contributed by atoms with Crippen molar-refractivity contribution in [3.8, 4) is 0 Å². The molecule has 0 atom stereocenters. The monoisotopic (exact) mass is 290 g/mol. The van der Waals surface area contributed by atoms with E-state index in [0.29, 0.717) is 23.9 Å². The summed E-state index contributed by atoms with van der Waals surface area (Å²) in [6.45, 7) is 2.77. The van der Waals surface area contributed by atoms with E-state index in [1.165, 1.54) is 0 Å². The Bertz CT molecular complexity index is 425. The first-order valence-electron chi connectivity index (χ1n) is 6.73. The summed E-state index contributed by atoms with van der Waals surface area (Å²) in [6.07, 6.45) is 5.49. The average molecular weight is 290 g/mol. The summed E-state index contributed by atoms with van der Waals surface area (Å²) in [6, 6.07) is 0. The molecule has 6 heteroatoms. The highest BCUT2D eigenvalue weighted by molar-refractivity contribution is 7.89. The van der Waals surface area contributed by atoms with Crippen molar-refractivity contribution in [1.82, 2.24) is 4.31 Å². The van der Waals surface area contributed by atoms with Crippen molar-refractivity contribution in [3.63, 3.8) is 0 Å². The van der Waals surface area contributed by atoms with E-state index >= 15 is 0 Å². The fourth-order valence-electron chi connectivity index (χ4n) is 3.30. The van der Waals surface area contributed by atoms with E-state index in [2.05, 4.69) is 6.92 Å². The van der Waals surface area contributed by atoms with Crippen LogP contribution in [0.2, 0.25) is 0 Å². The zero-order chi connectivity index (χ0) is 13.4. The van der Waals surface area contributed by atoms with Gasteiger partial charge in [-0.15, -0.1) is 0 Å². The third-order valence-electron chi connectivity index (χ3n) is 4.55. The normalized spacial score (nSPS) is 36.6. The van der Waals surface area contributed by atoms with Gasteiger partial charge in [-0.3, -0.25) is 0 Å². The molecule has 2 rings (SSSR count). The number of hydrogen-bond donors (Lipinski definition) is 1. The van der Waals surface area contributed by atoms with Crippen LogP contribution in [0, 0.1) is 5.92 Å². The van der Waals surface area contributed by atoms with Crippen LogP contribution in [0.1, 0.15) is 45.4 Å². The molecule has 0 aromatic rings. The molecule has 0 amide bonds. The molecular weight excluding hydrogens is 268 g/mol. The molecule has 2 fully saturated rings. The third kappa shape index (κ3) is 2.30. The molecule has 18 heavy (non-hydrogen) atoms. The Morgan fingerprint density at radius 3 is 2.44 bits per heavy atom. The van der Waals surface area contributed by atoms with Crippen molar-refractivity contribution in [2.45, 2.75) is 51.0 Å². The van der Waals surface area contributed by atoms with Crippen LogP contribution in [0.3, 0.4) is 0 Å². The minimum atomic E-state index is -3.15. The maximum atomic E-state index is 12.1. The van der Waals surface area contributed by atoms with Gasteiger partial charge in [0.2, 0.25) is 10.0 Å². The Morgan fingerprint density at radius 1 is 1.44 bits per heavy atom. The number of rotatable bonds is 3. The van der Waals surface area contributed by atoms with Crippen molar-refractivity contribution >= 4 is 27.2 Å². The topological polar surface area (TPSA) is 63.4 Å². The van der Waals surface area contributed by atoms with E-state index in [-0.39, 0.29) is 5.75 Å². The molecular formula is C12H22N2O2S2. The Kier molecular flexibility index (Phi) is 3.99. The molecule has 1 aliphatic heterocycles. The molecule has 1 heterocycles. The highest BCUT2D eigenvalue weighted by atomic mass is 32.2. The zero-order valence-corrected chi connectivity index (χ0v) is 12.5. The zero-order valence-electron chi connectivity index (χ0n) is 10.9. The first-order valence-corrected chi connectivity index (χ1v) is 8.74. The summed E-state index contributed by atoms with van der Waals surface area (Å²) < 4.78 is 25.9. The molecule has 2 aliphatic rings. The van der Waals surface area contributed by atoms with E-state index in [4.69, 9.17) is 18.0 Å². The predicted molar refractivity (Wildman–Crippen MR) is 76.9 cm³/mol. The van der Waals surface area contributed by atoms with Gasteiger partial charge >= 0.3 is 0 Å². The second-order valence-electron chi connectivity index (χ2n) is 5.49. The molecule has 0 unspecified atom stereocenters. The molecule has 4 nitrogen and oxygen atoms in total. The van der Waals surface area contributed by atoms with Gasteiger partial charge in [-0.2, -0.15) is 4.31 Å².